The Bertz CT molecular complexity index is 1520. The van der Waals surface area contributed by atoms with Crippen LogP contribution in [0.5, 0.6) is 5.75 Å². The van der Waals surface area contributed by atoms with E-state index in [1.807, 2.05) is 0 Å². The Labute approximate surface area is 156 Å². The molecule has 0 atom stereocenters. The van der Waals surface area contributed by atoms with Crippen molar-refractivity contribution in [1.29, 1.82) is 0 Å². The van der Waals surface area contributed by atoms with Crippen LogP contribution in [-0.2, 0) is 0 Å². The van der Waals surface area contributed by atoms with Crippen LogP contribution in [0.15, 0.2) is 59.3 Å². The zero-order valence-electron chi connectivity index (χ0n) is 13.5. The van der Waals surface area contributed by atoms with Gasteiger partial charge in [0, 0.05) is 32.3 Å². The van der Waals surface area contributed by atoms with Gasteiger partial charge in [-0.15, -0.1) is 11.3 Å². The van der Waals surface area contributed by atoms with Crippen LogP contribution in [0.4, 0.5) is 0 Å². The summed E-state index contributed by atoms with van der Waals surface area (Å²) in [6.45, 7) is 0. The molecular weight excluding hydrogens is 356 g/mol. The van der Waals surface area contributed by atoms with Gasteiger partial charge in [0.15, 0.2) is 0 Å². The first-order chi connectivity index (χ1) is 12.8. The predicted octanol–water partition coefficient (Wildman–Crippen LogP) is 7.59. The van der Waals surface area contributed by atoms with Crippen molar-refractivity contribution in [2.24, 2.45) is 0 Å². The van der Waals surface area contributed by atoms with E-state index in [2.05, 4.69) is 59.3 Å². The normalized spacial score (nSPS) is 12.8. The molecule has 7 aromatic rings. The standard InChI is InChI=1S/C23H10OS2/c24-23-21-13-5-1-3-11-9-25-17(19(11)13)7-15(21)16-8-18-20-12(10-26-18)4-2-6-14(20)22(16)23/h1-10H/p+1. The number of benzene rings is 4. The average Bonchev–Trinajstić information content (AvgIpc) is 3.34. The fraction of sp³-hybridized carbons (Fsp3) is 0. The maximum absolute atomic E-state index is 11.3. The zero-order valence-corrected chi connectivity index (χ0v) is 15.2. The van der Waals surface area contributed by atoms with Crippen LogP contribution in [0.2, 0.25) is 0 Å². The van der Waals surface area contributed by atoms with E-state index in [-0.39, 0.29) is 0 Å². The molecule has 5 aromatic carbocycles. The largest absolute Gasteiger partial charge is 0.507 e. The summed E-state index contributed by atoms with van der Waals surface area (Å²) >= 11 is 3.57. The highest BCUT2D eigenvalue weighted by Gasteiger charge is 2.23. The monoisotopic (exact) mass is 367 g/mol. The molecule has 0 saturated heterocycles. The molecule has 26 heavy (non-hydrogen) atoms. The lowest BCUT2D eigenvalue weighted by atomic mass is 10.0. The van der Waals surface area contributed by atoms with Crippen LogP contribution in [-0.4, -0.2) is 5.11 Å². The summed E-state index contributed by atoms with van der Waals surface area (Å²) in [5.74, 6) is 0.427. The molecule has 0 aliphatic rings. The lowest BCUT2D eigenvalue weighted by Crippen LogP contribution is -1.74. The first-order valence-corrected chi connectivity index (χ1v) is 10.3. The summed E-state index contributed by atoms with van der Waals surface area (Å²) in [6, 6.07) is 17.3. The molecule has 0 amide bonds. The second-order valence-corrected chi connectivity index (χ2v) is 8.78. The summed E-state index contributed by atoms with van der Waals surface area (Å²) in [4.78, 5) is 0. The van der Waals surface area contributed by atoms with E-state index in [0.29, 0.717) is 5.75 Å². The third kappa shape index (κ3) is 1.39. The van der Waals surface area contributed by atoms with E-state index < -0.39 is 0 Å². The van der Waals surface area contributed by atoms with Crippen molar-refractivity contribution in [1.82, 2.24) is 0 Å². The van der Waals surface area contributed by atoms with E-state index in [0.717, 1.165) is 32.3 Å². The average molecular weight is 367 g/mol. The van der Waals surface area contributed by atoms with Crippen molar-refractivity contribution in [2.45, 2.75) is 0 Å². The van der Waals surface area contributed by atoms with Crippen LogP contribution in [0.3, 0.4) is 0 Å². The minimum atomic E-state index is 0.427. The van der Waals surface area contributed by atoms with Gasteiger partial charge in [0.25, 0.3) is 0 Å². The molecule has 0 unspecified atom stereocenters. The van der Waals surface area contributed by atoms with Crippen molar-refractivity contribution in [2.75, 3.05) is 0 Å². The van der Waals surface area contributed by atoms with Crippen LogP contribution in [0.25, 0.3) is 63.3 Å². The minimum absolute atomic E-state index is 0.427. The van der Waals surface area contributed by atoms with Gasteiger partial charge in [-0.1, -0.05) is 30.3 Å². The third-order valence-corrected chi connectivity index (χ3v) is 7.60. The highest BCUT2D eigenvalue weighted by Crippen LogP contribution is 2.50. The fourth-order valence-electron chi connectivity index (χ4n) is 4.64. The van der Waals surface area contributed by atoms with E-state index >= 15 is 0 Å². The van der Waals surface area contributed by atoms with E-state index in [1.54, 1.807) is 22.7 Å². The summed E-state index contributed by atoms with van der Waals surface area (Å²) in [6.07, 6.45) is 0. The molecule has 0 fully saturated rings. The molecule has 2 heterocycles. The molecule has 2 aromatic heterocycles. The molecule has 0 aliphatic heterocycles. The Morgan fingerprint density at radius 3 is 2.31 bits per heavy atom. The van der Waals surface area contributed by atoms with Gasteiger partial charge in [0.1, 0.15) is 5.75 Å². The van der Waals surface area contributed by atoms with Gasteiger partial charge in [-0.25, -0.2) is 0 Å². The number of rotatable bonds is 0. The van der Waals surface area contributed by atoms with Crippen LogP contribution in [0, 0.1) is 0 Å². The van der Waals surface area contributed by atoms with Crippen LogP contribution in [0.1, 0.15) is 0 Å². The Morgan fingerprint density at radius 1 is 0.731 bits per heavy atom. The number of hydrogen-bond donors (Lipinski definition) is 1. The minimum Gasteiger partial charge on any atom is -0.507 e. The van der Waals surface area contributed by atoms with E-state index in [9.17, 15) is 5.11 Å². The molecule has 7 rings (SSSR count). The van der Waals surface area contributed by atoms with Crippen molar-refractivity contribution in [3.05, 3.63) is 59.3 Å². The smallest absolute Gasteiger partial charge is 0.240 e. The van der Waals surface area contributed by atoms with E-state index in [4.69, 9.17) is 0 Å². The molecule has 1 N–H and O–H groups in total. The third-order valence-electron chi connectivity index (χ3n) is 5.70. The molecule has 0 saturated carbocycles. The number of fused-ring (bicyclic) bond motifs is 5. The molecule has 1 nitrogen and oxygen atoms in total. The van der Waals surface area contributed by atoms with Crippen molar-refractivity contribution >= 4 is 85.9 Å². The van der Waals surface area contributed by atoms with Gasteiger partial charge in [-0.05, 0) is 44.4 Å². The summed E-state index contributed by atoms with van der Waals surface area (Å²) in [7, 11) is 0. The van der Waals surface area contributed by atoms with Gasteiger partial charge in [0.05, 0.1) is 5.39 Å². The summed E-state index contributed by atoms with van der Waals surface area (Å²) in [5.41, 5.74) is 0. The molecular formula is C23H11OS2+. The maximum Gasteiger partial charge on any atom is 0.240 e. The quantitative estimate of drug-likeness (QED) is 0.274. The van der Waals surface area contributed by atoms with Gasteiger partial charge < -0.3 is 5.11 Å². The number of aromatic hydroxyl groups is 1. The summed E-state index contributed by atoms with van der Waals surface area (Å²) in [5, 5.41) is 27.4. The fourth-order valence-corrected chi connectivity index (χ4v) is 6.61. The Morgan fingerprint density at radius 2 is 1.46 bits per heavy atom. The van der Waals surface area contributed by atoms with Crippen LogP contribution >= 0.6 is 22.7 Å². The lowest BCUT2D eigenvalue weighted by Gasteiger charge is -2.02. The van der Waals surface area contributed by atoms with Gasteiger partial charge in [-0.2, -0.15) is 0 Å². The first kappa shape index (κ1) is 13.5. The first-order valence-electron chi connectivity index (χ1n) is 8.57. The molecule has 0 aliphatic carbocycles. The van der Waals surface area contributed by atoms with Gasteiger partial charge in [-0.3, -0.25) is 0 Å². The van der Waals surface area contributed by atoms with Gasteiger partial charge in [0.2, 0.25) is 21.4 Å². The molecule has 0 bridgehead atoms. The van der Waals surface area contributed by atoms with Crippen molar-refractivity contribution in [3.8, 4) is 5.75 Å². The van der Waals surface area contributed by atoms with Crippen molar-refractivity contribution < 1.29 is 5.11 Å². The topological polar surface area (TPSA) is 20.2 Å². The molecule has 0 radical (unpaired) electrons. The Kier molecular flexibility index (Phi) is 2.23. The highest BCUT2D eigenvalue weighted by molar-refractivity contribution is 7.18. The molecule has 120 valence electrons. The van der Waals surface area contributed by atoms with Gasteiger partial charge >= 0.3 is 0 Å². The highest BCUT2D eigenvalue weighted by atomic mass is 32.1. The predicted molar refractivity (Wildman–Crippen MR) is 116 cm³/mol. The Balaban J connectivity index is 1.89. The maximum atomic E-state index is 11.3. The number of thiophene rings is 2. The SMILES string of the molecule is Oc1c2c(cc3scc4cccc2c43)c2cc3[s+]cc4cccc(c12)c43. The Hall–Kier alpha value is -2.75. The second kappa shape index (κ2) is 4.32. The molecule has 3 heteroatoms. The number of hydrogen-bond acceptors (Lipinski definition) is 2. The van der Waals surface area contributed by atoms with E-state index in [1.165, 1.54) is 30.9 Å². The summed E-state index contributed by atoms with van der Waals surface area (Å²) < 4.78 is 2.58. The zero-order chi connectivity index (χ0) is 17.0. The lowest BCUT2D eigenvalue weighted by molar-refractivity contribution is 0.489. The van der Waals surface area contributed by atoms with Crippen molar-refractivity contribution in [3.63, 3.8) is 0 Å². The molecule has 0 spiro atoms. The van der Waals surface area contributed by atoms with Crippen LogP contribution < -0.4 is 0 Å². The second-order valence-electron chi connectivity index (χ2n) is 6.95.